The third-order valence-electron chi connectivity index (χ3n) is 19.0. The minimum Gasteiger partial charge on any atom is -0.478 e. The van der Waals surface area contributed by atoms with Gasteiger partial charge in [0.15, 0.2) is 0 Å². The summed E-state index contributed by atoms with van der Waals surface area (Å²) < 4.78 is 22.6. The number of amides is 6. The van der Waals surface area contributed by atoms with E-state index >= 15 is 0 Å². The maximum atomic E-state index is 14.5. The largest absolute Gasteiger partial charge is 0.478 e. The average molecular weight is 1410 g/mol. The predicted molar refractivity (Wildman–Crippen MR) is 394 cm³/mol. The lowest BCUT2D eigenvalue weighted by atomic mass is 9.51. The third-order valence-corrected chi connectivity index (χ3v) is 19.0. The number of nitrogens with one attached hydrogen (secondary N) is 5. The first-order valence-electron chi connectivity index (χ1n) is 36.6. The van der Waals surface area contributed by atoms with Gasteiger partial charge in [-0.15, -0.1) is 0 Å². The lowest BCUT2D eigenvalue weighted by Crippen LogP contribution is -2.43. The Bertz CT molecular complexity index is 3770. The van der Waals surface area contributed by atoms with Crippen molar-refractivity contribution in [3.63, 3.8) is 0 Å². The van der Waals surface area contributed by atoms with Crippen LogP contribution in [0.4, 0.5) is 21.9 Å². The van der Waals surface area contributed by atoms with E-state index in [2.05, 4.69) is 91.3 Å². The molecular weight excluding hydrogens is 1300 g/mol. The van der Waals surface area contributed by atoms with Crippen LogP contribution in [0.25, 0.3) is 21.3 Å². The molecule has 0 saturated carbocycles. The Morgan fingerprint density at radius 2 is 1.14 bits per heavy atom. The highest BCUT2D eigenvalue weighted by Crippen LogP contribution is 2.62. The van der Waals surface area contributed by atoms with E-state index < -0.39 is 40.5 Å². The van der Waals surface area contributed by atoms with Gasteiger partial charge in [-0.05, 0) is 153 Å². The van der Waals surface area contributed by atoms with Gasteiger partial charge in [0.1, 0.15) is 5.60 Å². The van der Waals surface area contributed by atoms with Gasteiger partial charge in [-0.3, -0.25) is 28.5 Å². The van der Waals surface area contributed by atoms with Gasteiger partial charge in [0.25, 0.3) is 0 Å². The molecule has 1 fully saturated rings. The quantitative estimate of drug-likeness (QED) is 0.00919. The number of azide groups is 1. The Balaban J connectivity index is 0.000000794. The number of aryl methyl sites for hydroxylation is 1. The number of benzene rings is 4. The summed E-state index contributed by atoms with van der Waals surface area (Å²) >= 11 is 0. The Morgan fingerprint density at radius 3 is 1.62 bits per heavy atom. The molecule has 1 aromatic heterocycles. The van der Waals surface area contributed by atoms with Crippen LogP contribution in [0.2, 0.25) is 0 Å². The fourth-order valence-electron chi connectivity index (χ4n) is 13.5. The van der Waals surface area contributed by atoms with Gasteiger partial charge in [0.05, 0.1) is 55.0 Å². The number of anilines is 3. The lowest BCUT2D eigenvalue weighted by Gasteiger charge is -2.51. The Labute approximate surface area is 598 Å². The maximum absolute atomic E-state index is 14.5. The first kappa shape index (κ1) is 80.4. The van der Waals surface area contributed by atoms with E-state index in [0.29, 0.717) is 102 Å². The van der Waals surface area contributed by atoms with Crippen molar-refractivity contribution in [2.24, 2.45) is 12.2 Å². The van der Waals surface area contributed by atoms with Gasteiger partial charge >= 0.3 is 23.4 Å². The fraction of sp³-hybridized carbons (Fsp3) is 0.571. The normalized spacial score (nSPS) is 16.1. The number of hydrogen-bond donors (Lipinski definition) is 6. The number of alkyl carbamates (subject to hydrolysis) is 1. The van der Waals surface area contributed by atoms with Gasteiger partial charge in [-0.2, -0.15) is 0 Å². The molecule has 6 N–H and O–H groups in total. The zero-order valence-corrected chi connectivity index (χ0v) is 61.0. The number of nitrogens with zero attached hydrogens (tertiary/aromatic N) is 6. The monoisotopic (exact) mass is 1410 g/mol. The third kappa shape index (κ3) is 23.3. The molecular formula is C77H107N11O14. The Morgan fingerprint density at radius 1 is 0.657 bits per heavy atom. The smallest absolute Gasteiger partial charge is 0.422 e. The number of hydrogen-bond acceptors (Lipinski definition) is 15. The van der Waals surface area contributed by atoms with Crippen LogP contribution in [-0.2, 0) is 50.6 Å². The fourth-order valence-corrected chi connectivity index (χ4v) is 13.5. The zero-order chi connectivity index (χ0) is 73.8. The van der Waals surface area contributed by atoms with Crippen LogP contribution >= 0.6 is 0 Å². The van der Waals surface area contributed by atoms with Crippen molar-refractivity contribution in [3.8, 4) is 0 Å². The number of carboxylic acids is 1. The molecule has 2 heterocycles. The van der Waals surface area contributed by atoms with E-state index in [1.165, 1.54) is 50.9 Å². The lowest BCUT2D eigenvalue weighted by molar-refractivity contribution is -0.133. The summed E-state index contributed by atoms with van der Waals surface area (Å²) in [6.07, 6.45) is 18.8. The van der Waals surface area contributed by atoms with Crippen molar-refractivity contribution in [1.82, 2.24) is 25.0 Å². The number of aromatic carboxylic acids is 1. The molecule has 4 aliphatic rings. The van der Waals surface area contributed by atoms with Crippen molar-refractivity contribution in [2.75, 3.05) is 82.7 Å². The van der Waals surface area contributed by atoms with Crippen LogP contribution in [0, 0.1) is 0 Å². The molecule has 554 valence electrons. The summed E-state index contributed by atoms with van der Waals surface area (Å²) in [6, 6.07) is 21.8. The second-order valence-corrected chi connectivity index (χ2v) is 28.0. The topological polar surface area (TPSA) is 335 Å². The van der Waals surface area contributed by atoms with E-state index in [0.717, 1.165) is 115 Å². The van der Waals surface area contributed by atoms with Crippen LogP contribution in [0.5, 0.6) is 0 Å². The molecule has 2 atom stereocenters. The second-order valence-electron chi connectivity index (χ2n) is 28.0. The summed E-state index contributed by atoms with van der Waals surface area (Å²) in [5.74, 6) is -2.48. The van der Waals surface area contributed by atoms with E-state index in [1.54, 1.807) is 23.9 Å². The van der Waals surface area contributed by atoms with Gasteiger partial charge < -0.3 is 60.1 Å². The first-order valence-corrected chi connectivity index (χ1v) is 36.6. The van der Waals surface area contributed by atoms with Crippen molar-refractivity contribution in [2.45, 2.75) is 211 Å². The van der Waals surface area contributed by atoms with E-state index in [4.69, 9.17) is 24.8 Å². The van der Waals surface area contributed by atoms with Gasteiger partial charge in [0.2, 0.25) is 29.5 Å². The summed E-state index contributed by atoms with van der Waals surface area (Å²) in [5, 5.41) is 28.3. The number of ether oxygens (including phenoxy) is 3. The number of fused-ring (bicyclic) bond motifs is 1. The number of unbranched alkanes of at least 4 members (excludes halogenated alkanes) is 14. The standard InChI is InChI=1S/C67H100N10O9.C10H7NO5/c1-8-10-12-14-17-21-25-59(78)71-48-28-31-52-55(43-48)67(35-34-62(81)76(6)37-39-84-41-42-85-40-38-77(7)64(82)58-46-51(47-70-58)74-75-68)56-44-49(72-60(79)26-22-18-15-13-11-9-2)29-32-53(56)63(52)54-33-30-50(45-57(54)67)73-61(80)27-23-19-16-20-24-36-69-65(83)86-66(3,4)5;1-11-7-4-5(8(12)13)2-3-6(7)9(14)16-10(11)15/h28-33,43-45,51,58,63,70H,8-27,34-42,46-47H2,1-7H3,(H,69,83)(H,71,78)(H,72,79)(H,73,80);2-4H,1H3,(H,12,13). The number of aromatic nitrogens is 1. The molecule has 3 aliphatic carbocycles. The van der Waals surface area contributed by atoms with Crippen LogP contribution in [0.1, 0.15) is 232 Å². The minimum absolute atomic E-state index is 0.00750. The molecule has 102 heavy (non-hydrogen) atoms. The van der Waals surface area contributed by atoms with Crippen molar-refractivity contribution in [3.05, 3.63) is 143 Å². The highest BCUT2D eigenvalue weighted by Gasteiger charge is 2.52. The number of carbonyl (C=O) groups is 7. The summed E-state index contributed by atoms with van der Waals surface area (Å²) in [7, 11) is 4.90. The van der Waals surface area contributed by atoms with E-state index in [1.807, 2.05) is 39.0 Å². The average Bonchev–Trinajstić information content (AvgIpc) is 0.716. The number of rotatable bonds is 40. The first-order chi connectivity index (χ1) is 49.0. The molecule has 1 saturated heterocycles. The van der Waals surface area contributed by atoms with Crippen LogP contribution in [0.15, 0.2) is 91.9 Å². The molecule has 2 unspecified atom stereocenters. The maximum Gasteiger partial charge on any atom is 0.422 e. The molecule has 9 rings (SSSR count). The Kier molecular flexibility index (Phi) is 31.6. The summed E-state index contributed by atoms with van der Waals surface area (Å²) in [6.45, 7) is 12.9. The molecule has 2 bridgehead atoms. The van der Waals surface area contributed by atoms with Crippen molar-refractivity contribution in [1.29, 1.82) is 0 Å². The molecule has 4 aromatic carbocycles. The van der Waals surface area contributed by atoms with Crippen LogP contribution in [0.3, 0.4) is 0 Å². The van der Waals surface area contributed by atoms with Crippen molar-refractivity contribution < 1.29 is 57.3 Å². The number of carbonyl (C=O) groups excluding carboxylic acids is 6. The predicted octanol–water partition coefficient (Wildman–Crippen LogP) is 13.0. The molecule has 6 amide bonds. The SMILES string of the molecule is CCCCCCCCC(=O)Nc1ccc2c(c1)C1(CCC(=O)N(C)CCOCCOCCN(C)C(=O)C3CC(N=[N+]=[N-])CN3)c3cc(NC(=O)CCCCCCCC)ccc3C2c2ccc(NC(=O)CCCCCCCNC(=O)OC(C)(C)C)cc21.Cn1c(=O)oc(=O)c2ccc(C(=O)O)cc21. The van der Waals surface area contributed by atoms with Gasteiger partial charge in [0, 0.05) is 106 Å². The zero-order valence-electron chi connectivity index (χ0n) is 61.0. The van der Waals surface area contributed by atoms with Crippen LogP contribution < -0.4 is 38.0 Å². The summed E-state index contributed by atoms with van der Waals surface area (Å²) in [5.41, 5.74) is 14.9. The molecule has 25 nitrogen and oxygen atoms in total. The Hall–Kier alpha value is -8.90. The highest BCUT2D eigenvalue weighted by molar-refractivity contribution is 5.95. The molecule has 5 aromatic rings. The molecule has 0 spiro atoms. The number of carboxylic acid groups (broad SMARTS) is 1. The number of likely N-dealkylation sites (N-methyl/N-ethyl adjacent to an activating group) is 2. The molecule has 0 radical (unpaired) electrons. The minimum atomic E-state index is -1.12. The van der Waals surface area contributed by atoms with Gasteiger partial charge in [-0.25, -0.2) is 19.2 Å². The second kappa shape index (κ2) is 40.1. The van der Waals surface area contributed by atoms with Crippen LogP contribution in [-0.4, -0.2) is 145 Å². The molecule has 1 aliphatic heterocycles. The van der Waals surface area contributed by atoms with Gasteiger partial charge in [-0.1, -0.05) is 121 Å². The highest BCUT2D eigenvalue weighted by atomic mass is 16.6. The molecule has 25 heteroatoms. The summed E-state index contributed by atoms with van der Waals surface area (Å²) in [4.78, 5) is 120. The van der Waals surface area contributed by atoms with E-state index in [9.17, 15) is 43.2 Å². The van der Waals surface area contributed by atoms with E-state index in [-0.39, 0.29) is 71.0 Å². The van der Waals surface area contributed by atoms with Crippen molar-refractivity contribution >= 4 is 69.6 Å².